The normalized spacial score (nSPS) is 14.2. The van der Waals surface area contributed by atoms with Crippen LogP contribution >= 0.6 is 11.3 Å². The van der Waals surface area contributed by atoms with Gasteiger partial charge in [0.15, 0.2) is 12.2 Å². The zero-order chi connectivity index (χ0) is 23.1. The summed E-state index contributed by atoms with van der Waals surface area (Å²) in [6.07, 6.45) is 6.96. The van der Waals surface area contributed by atoms with Crippen LogP contribution in [0.5, 0.6) is 0 Å². The lowest BCUT2D eigenvalue weighted by molar-refractivity contribution is 0.392. The minimum Gasteiger partial charge on any atom is -0.443 e. The van der Waals surface area contributed by atoms with E-state index in [-0.39, 0.29) is 4.21 Å². The Labute approximate surface area is 200 Å². The van der Waals surface area contributed by atoms with E-state index >= 15 is 0 Å². The summed E-state index contributed by atoms with van der Waals surface area (Å²) in [6.45, 7) is 0.668. The van der Waals surface area contributed by atoms with Crippen molar-refractivity contribution >= 4 is 43.8 Å². The van der Waals surface area contributed by atoms with Gasteiger partial charge >= 0.3 is 0 Å². The molecule has 10 heteroatoms. The van der Waals surface area contributed by atoms with Crippen LogP contribution in [0.3, 0.4) is 0 Å². The maximum Gasteiger partial charge on any atom is 0.252 e. The highest BCUT2D eigenvalue weighted by Crippen LogP contribution is 2.35. The van der Waals surface area contributed by atoms with Crippen molar-refractivity contribution in [2.75, 3.05) is 11.9 Å². The zero-order valence-electron chi connectivity index (χ0n) is 17.9. The largest absolute Gasteiger partial charge is 0.443 e. The molecule has 0 atom stereocenters. The molecule has 1 aromatic carbocycles. The van der Waals surface area contributed by atoms with Crippen LogP contribution in [0.2, 0.25) is 0 Å². The second-order valence-corrected chi connectivity index (χ2v) is 11.2. The number of benzene rings is 1. The van der Waals surface area contributed by atoms with Crippen molar-refractivity contribution in [3.8, 4) is 10.6 Å². The summed E-state index contributed by atoms with van der Waals surface area (Å²) in [5, 5.41) is 4.41. The lowest BCUT2D eigenvalue weighted by atomic mass is 10.0. The van der Waals surface area contributed by atoms with Crippen LogP contribution in [0.4, 0.5) is 11.5 Å². The van der Waals surface area contributed by atoms with Gasteiger partial charge in [0.25, 0.3) is 10.0 Å². The Hall–Kier alpha value is -3.60. The molecular weight excluding hydrogens is 470 g/mol. The number of rotatable bonds is 5. The van der Waals surface area contributed by atoms with E-state index in [0.29, 0.717) is 25.3 Å². The third-order valence-electron chi connectivity index (χ3n) is 5.81. The molecule has 0 aliphatic carbocycles. The van der Waals surface area contributed by atoms with E-state index in [9.17, 15) is 8.42 Å². The molecule has 34 heavy (non-hydrogen) atoms. The van der Waals surface area contributed by atoms with Gasteiger partial charge in [0.2, 0.25) is 0 Å². The number of para-hydroxylation sites is 1. The summed E-state index contributed by atoms with van der Waals surface area (Å²) >= 11 is 1.18. The molecule has 0 saturated carbocycles. The van der Waals surface area contributed by atoms with Crippen molar-refractivity contribution in [3.63, 3.8) is 0 Å². The second kappa shape index (κ2) is 8.32. The van der Waals surface area contributed by atoms with Gasteiger partial charge in [-0.25, -0.2) is 18.4 Å². The van der Waals surface area contributed by atoms with E-state index in [0.717, 1.165) is 38.4 Å². The Balaban J connectivity index is 1.25. The number of nitrogens with zero attached hydrogens (tertiary/aromatic N) is 4. The van der Waals surface area contributed by atoms with E-state index in [1.165, 1.54) is 22.0 Å². The molecule has 170 valence electrons. The van der Waals surface area contributed by atoms with Crippen molar-refractivity contribution in [1.29, 1.82) is 0 Å². The molecule has 0 unspecified atom stereocenters. The second-order valence-electron chi connectivity index (χ2n) is 7.91. The fourth-order valence-corrected chi connectivity index (χ4v) is 6.94. The first kappa shape index (κ1) is 21.0. The smallest absolute Gasteiger partial charge is 0.252 e. The predicted molar refractivity (Wildman–Crippen MR) is 130 cm³/mol. The van der Waals surface area contributed by atoms with E-state index in [2.05, 4.69) is 20.3 Å². The molecule has 1 aliphatic rings. The maximum atomic E-state index is 13.3. The number of oxazole rings is 1. The average molecular weight is 490 g/mol. The van der Waals surface area contributed by atoms with Gasteiger partial charge < -0.3 is 9.73 Å². The number of sulfonamides is 1. The highest BCUT2D eigenvalue weighted by molar-refractivity contribution is 7.91. The van der Waals surface area contributed by atoms with Gasteiger partial charge in [0.1, 0.15) is 10.0 Å². The van der Waals surface area contributed by atoms with Crippen LogP contribution in [-0.2, 0) is 23.0 Å². The number of pyridine rings is 2. The van der Waals surface area contributed by atoms with Crippen molar-refractivity contribution in [3.05, 3.63) is 84.6 Å². The van der Waals surface area contributed by atoms with Crippen molar-refractivity contribution in [2.24, 2.45) is 0 Å². The number of nitrogens with one attached hydrogen (secondary N) is 1. The quantitative estimate of drug-likeness (QED) is 0.377. The Morgan fingerprint density at radius 2 is 1.97 bits per heavy atom. The summed E-state index contributed by atoms with van der Waals surface area (Å²) in [6, 6.07) is 15.2. The third-order valence-corrected chi connectivity index (χ3v) is 9.23. The molecule has 5 aromatic rings. The van der Waals surface area contributed by atoms with Crippen molar-refractivity contribution in [2.45, 2.75) is 17.2 Å². The number of fused-ring (bicyclic) bond motifs is 2. The molecule has 1 aliphatic heterocycles. The molecule has 0 bridgehead atoms. The first-order chi connectivity index (χ1) is 16.6. The molecule has 0 radical (unpaired) electrons. The van der Waals surface area contributed by atoms with E-state index in [1.54, 1.807) is 30.7 Å². The van der Waals surface area contributed by atoms with Crippen LogP contribution in [0.1, 0.15) is 11.1 Å². The van der Waals surface area contributed by atoms with Gasteiger partial charge in [-0.15, -0.1) is 11.3 Å². The summed E-state index contributed by atoms with van der Waals surface area (Å²) in [5.74, 6) is 1.29. The molecule has 0 fully saturated rings. The first-order valence-corrected chi connectivity index (χ1v) is 12.9. The zero-order valence-corrected chi connectivity index (χ0v) is 19.5. The molecule has 0 amide bonds. The molecule has 1 N–H and O–H groups in total. The molecule has 0 spiro atoms. The van der Waals surface area contributed by atoms with Gasteiger partial charge in [-0.1, -0.05) is 18.2 Å². The number of hydrogen-bond acceptors (Lipinski definition) is 8. The maximum absolute atomic E-state index is 13.3. The molecule has 4 aromatic heterocycles. The summed E-state index contributed by atoms with van der Waals surface area (Å²) in [4.78, 5) is 13.7. The Bertz CT molecular complexity index is 1600. The van der Waals surface area contributed by atoms with Crippen molar-refractivity contribution < 1.29 is 12.8 Å². The highest BCUT2D eigenvalue weighted by atomic mass is 32.2. The molecule has 6 rings (SSSR count). The van der Waals surface area contributed by atoms with Gasteiger partial charge in [-0.2, -0.15) is 4.31 Å². The van der Waals surface area contributed by atoms with E-state index in [1.807, 2.05) is 36.4 Å². The lowest BCUT2D eigenvalue weighted by Gasteiger charge is -2.28. The predicted octanol–water partition coefficient (Wildman–Crippen LogP) is 4.84. The molecule has 5 heterocycles. The SMILES string of the molecule is O=S(=O)(c1ccc(-c2cnco2)s1)N1CCc2c(ccnc2Nc2cnc3ccccc3c2)C1. The van der Waals surface area contributed by atoms with Crippen LogP contribution in [-0.4, -0.2) is 34.2 Å². The Kier molecular flexibility index (Phi) is 5.13. The standard InChI is InChI=1S/C24H19N5O3S2/c30-34(31,23-6-5-22(33-23)21-13-25-15-32-21)29-10-8-19-17(14-29)7-9-26-24(19)28-18-11-16-3-1-2-4-20(16)27-12-18/h1-7,9,11-13,15H,8,10,14H2,(H,26,28). The summed E-state index contributed by atoms with van der Waals surface area (Å²) in [7, 11) is -3.63. The fraction of sp³-hybridized carbons (Fsp3) is 0.125. The van der Waals surface area contributed by atoms with E-state index < -0.39 is 10.0 Å². The number of anilines is 2. The Morgan fingerprint density at radius 1 is 1.06 bits per heavy atom. The van der Waals surface area contributed by atoms with Gasteiger partial charge in [-0.05, 0) is 42.3 Å². The minimum atomic E-state index is -3.63. The number of hydrogen-bond donors (Lipinski definition) is 1. The minimum absolute atomic E-state index is 0.289. The topological polar surface area (TPSA) is 101 Å². The number of aromatic nitrogens is 3. The molecule has 0 saturated heterocycles. The highest BCUT2D eigenvalue weighted by Gasteiger charge is 2.31. The Morgan fingerprint density at radius 3 is 2.85 bits per heavy atom. The monoisotopic (exact) mass is 489 g/mol. The van der Waals surface area contributed by atoms with Crippen LogP contribution in [0.15, 0.2) is 82.1 Å². The first-order valence-electron chi connectivity index (χ1n) is 10.7. The van der Waals surface area contributed by atoms with Gasteiger partial charge in [0.05, 0.1) is 28.5 Å². The molecular formula is C24H19N5O3S2. The molecule has 8 nitrogen and oxygen atoms in total. The summed E-state index contributed by atoms with van der Waals surface area (Å²) < 4.78 is 33.8. The van der Waals surface area contributed by atoms with E-state index in [4.69, 9.17) is 4.42 Å². The van der Waals surface area contributed by atoms with Crippen LogP contribution in [0, 0.1) is 0 Å². The third kappa shape index (κ3) is 3.75. The van der Waals surface area contributed by atoms with Crippen LogP contribution in [0.25, 0.3) is 21.5 Å². The van der Waals surface area contributed by atoms with Gasteiger partial charge in [0, 0.05) is 30.2 Å². The lowest BCUT2D eigenvalue weighted by Crippen LogP contribution is -2.36. The van der Waals surface area contributed by atoms with Crippen LogP contribution < -0.4 is 5.32 Å². The van der Waals surface area contributed by atoms with Gasteiger partial charge in [-0.3, -0.25) is 4.98 Å². The average Bonchev–Trinajstić information content (AvgIpc) is 3.56. The fourth-order valence-electron chi connectivity index (χ4n) is 4.11. The summed E-state index contributed by atoms with van der Waals surface area (Å²) in [5.41, 5.74) is 3.73. The number of thiophene rings is 1. The van der Waals surface area contributed by atoms with Crippen molar-refractivity contribution in [1.82, 2.24) is 19.3 Å².